The molecule has 0 aliphatic heterocycles. The Balaban J connectivity index is 1.65. The van der Waals surface area contributed by atoms with Crippen molar-refractivity contribution in [3.8, 4) is 0 Å². The molecule has 0 bridgehead atoms. The molecule has 0 fully saturated rings. The van der Waals surface area contributed by atoms with E-state index in [4.69, 9.17) is 11.6 Å². The maximum Gasteiger partial charge on any atom is 0.220 e. The van der Waals surface area contributed by atoms with Crippen LogP contribution in [-0.4, -0.2) is 12.5 Å². The van der Waals surface area contributed by atoms with Crippen LogP contribution in [0.1, 0.15) is 35.1 Å². The third-order valence-electron chi connectivity index (χ3n) is 4.09. The Labute approximate surface area is 143 Å². The molecule has 0 heterocycles. The molecule has 2 aromatic carbocycles. The van der Waals surface area contributed by atoms with Crippen LogP contribution in [0.3, 0.4) is 0 Å². The highest BCUT2D eigenvalue weighted by atomic mass is 35.5. The van der Waals surface area contributed by atoms with Crippen molar-refractivity contribution in [2.24, 2.45) is 0 Å². The number of halogens is 1. The van der Waals surface area contributed by atoms with Gasteiger partial charge in [0.05, 0.1) is 0 Å². The summed E-state index contributed by atoms with van der Waals surface area (Å²) < 4.78 is 0. The minimum absolute atomic E-state index is 0.124. The lowest BCUT2D eigenvalue weighted by molar-refractivity contribution is -0.121. The molecule has 0 unspecified atom stereocenters. The van der Waals surface area contributed by atoms with E-state index in [1.165, 1.54) is 22.3 Å². The Morgan fingerprint density at radius 2 is 1.65 bits per heavy atom. The molecule has 0 aliphatic rings. The Morgan fingerprint density at radius 1 is 0.957 bits per heavy atom. The first-order valence-corrected chi connectivity index (χ1v) is 8.49. The molecule has 0 radical (unpaired) electrons. The van der Waals surface area contributed by atoms with E-state index in [1.807, 2.05) is 24.3 Å². The number of amides is 1. The van der Waals surface area contributed by atoms with E-state index in [-0.39, 0.29) is 5.91 Å². The summed E-state index contributed by atoms with van der Waals surface area (Å²) in [4.78, 5) is 11.9. The number of nitrogens with one attached hydrogen (secondary N) is 1. The molecule has 3 heteroatoms. The molecule has 2 aromatic rings. The standard InChI is InChI=1S/C20H24ClNO/c1-15-5-6-18(14-16(15)2)9-12-20(23)22-13-3-4-17-7-10-19(21)11-8-17/h5-8,10-11,14H,3-4,9,12-13H2,1-2H3,(H,22,23). The molecule has 23 heavy (non-hydrogen) atoms. The van der Waals surface area contributed by atoms with Crippen LogP contribution in [0.15, 0.2) is 42.5 Å². The molecule has 0 spiro atoms. The highest BCUT2D eigenvalue weighted by molar-refractivity contribution is 6.30. The van der Waals surface area contributed by atoms with Gasteiger partial charge in [0.1, 0.15) is 0 Å². The van der Waals surface area contributed by atoms with Gasteiger partial charge < -0.3 is 5.32 Å². The van der Waals surface area contributed by atoms with Crippen LogP contribution >= 0.6 is 11.6 Å². The highest BCUT2D eigenvalue weighted by Crippen LogP contribution is 2.12. The van der Waals surface area contributed by atoms with Crippen LogP contribution in [-0.2, 0) is 17.6 Å². The quantitative estimate of drug-likeness (QED) is 0.737. The van der Waals surface area contributed by atoms with Gasteiger partial charge in [-0.05, 0) is 67.5 Å². The molecule has 1 N–H and O–H groups in total. The third-order valence-corrected chi connectivity index (χ3v) is 4.34. The molecule has 1 amide bonds. The van der Waals surface area contributed by atoms with Crippen molar-refractivity contribution in [2.45, 2.75) is 39.5 Å². The number of carbonyl (C=O) groups is 1. The van der Waals surface area contributed by atoms with E-state index in [9.17, 15) is 4.79 Å². The van der Waals surface area contributed by atoms with Crippen molar-refractivity contribution >= 4 is 17.5 Å². The molecule has 0 atom stereocenters. The van der Waals surface area contributed by atoms with Crippen molar-refractivity contribution in [3.63, 3.8) is 0 Å². The molecule has 2 rings (SSSR count). The van der Waals surface area contributed by atoms with E-state index >= 15 is 0 Å². The first-order chi connectivity index (χ1) is 11.0. The zero-order valence-corrected chi connectivity index (χ0v) is 14.6. The Kier molecular flexibility index (Phi) is 6.66. The number of hydrogen-bond donors (Lipinski definition) is 1. The molecule has 0 aliphatic carbocycles. The Morgan fingerprint density at radius 3 is 2.35 bits per heavy atom. The van der Waals surface area contributed by atoms with Crippen LogP contribution in [0.2, 0.25) is 5.02 Å². The number of carbonyl (C=O) groups excluding carboxylic acids is 1. The van der Waals surface area contributed by atoms with Crippen LogP contribution in [0.5, 0.6) is 0 Å². The molecule has 0 aromatic heterocycles. The molecule has 0 saturated carbocycles. The molecule has 122 valence electrons. The lowest BCUT2D eigenvalue weighted by Crippen LogP contribution is -2.25. The van der Waals surface area contributed by atoms with Crippen LogP contribution in [0.4, 0.5) is 0 Å². The summed E-state index contributed by atoms with van der Waals surface area (Å²) in [6, 6.07) is 14.3. The molecular weight excluding hydrogens is 306 g/mol. The number of aryl methyl sites for hydroxylation is 4. The van der Waals surface area contributed by atoms with Gasteiger partial charge in [0.2, 0.25) is 5.91 Å². The molecule has 2 nitrogen and oxygen atoms in total. The minimum Gasteiger partial charge on any atom is -0.356 e. The molecular formula is C20H24ClNO. The lowest BCUT2D eigenvalue weighted by atomic mass is 10.0. The van der Waals surface area contributed by atoms with Gasteiger partial charge in [-0.2, -0.15) is 0 Å². The zero-order chi connectivity index (χ0) is 16.7. The second kappa shape index (κ2) is 8.73. The van der Waals surface area contributed by atoms with Gasteiger partial charge in [-0.25, -0.2) is 0 Å². The van der Waals surface area contributed by atoms with Crippen LogP contribution in [0, 0.1) is 13.8 Å². The van der Waals surface area contributed by atoms with Gasteiger partial charge in [0, 0.05) is 18.0 Å². The summed E-state index contributed by atoms with van der Waals surface area (Å²) in [5.74, 6) is 0.124. The van der Waals surface area contributed by atoms with Crippen molar-refractivity contribution in [1.82, 2.24) is 5.32 Å². The first kappa shape index (κ1) is 17.6. The maximum atomic E-state index is 11.9. The SMILES string of the molecule is Cc1ccc(CCC(=O)NCCCc2ccc(Cl)cc2)cc1C. The topological polar surface area (TPSA) is 29.1 Å². The van der Waals surface area contributed by atoms with Crippen molar-refractivity contribution in [1.29, 1.82) is 0 Å². The molecule has 0 saturated heterocycles. The summed E-state index contributed by atoms with van der Waals surface area (Å²) >= 11 is 5.86. The normalized spacial score (nSPS) is 10.6. The van der Waals surface area contributed by atoms with E-state index in [0.29, 0.717) is 13.0 Å². The van der Waals surface area contributed by atoms with Gasteiger partial charge in [-0.3, -0.25) is 4.79 Å². The smallest absolute Gasteiger partial charge is 0.220 e. The summed E-state index contributed by atoms with van der Waals surface area (Å²) in [7, 11) is 0. The largest absolute Gasteiger partial charge is 0.356 e. The maximum absolute atomic E-state index is 11.9. The lowest BCUT2D eigenvalue weighted by Gasteiger charge is -2.07. The van der Waals surface area contributed by atoms with Crippen molar-refractivity contribution in [2.75, 3.05) is 6.54 Å². The van der Waals surface area contributed by atoms with Gasteiger partial charge in [-0.1, -0.05) is 41.9 Å². The Bertz CT molecular complexity index is 649. The van der Waals surface area contributed by atoms with Crippen molar-refractivity contribution < 1.29 is 4.79 Å². The summed E-state index contributed by atoms with van der Waals surface area (Å²) in [5, 5.41) is 3.75. The number of benzene rings is 2. The van der Waals surface area contributed by atoms with E-state index in [1.54, 1.807) is 0 Å². The first-order valence-electron chi connectivity index (χ1n) is 8.12. The van der Waals surface area contributed by atoms with Gasteiger partial charge >= 0.3 is 0 Å². The van der Waals surface area contributed by atoms with Gasteiger partial charge in [0.15, 0.2) is 0 Å². The second-order valence-corrected chi connectivity index (χ2v) is 6.44. The van der Waals surface area contributed by atoms with E-state index in [0.717, 1.165) is 24.3 Å². The van der Waals surface area contributed by atoms with Crippen molar-refractivity contribution in [3.05, 3.63) is 69.7 Å². The highest BCUT2D eigenvalue weighted by Gasteiger charge is 2.03. The average Bonchev–Trinajstić information content (AvgIpc) is 2.54. The predicted octanol–water partition coefficient (Wildman–Crippen LogP) is 4.64. The van der Waals surface area contributed by atoms with E-state index in [2.05, 4.69) is 37.4 Å². The fourth-order valence-electron chi connectivity index (χ4n) is 2.48. The number of hydrogen-bond acceptors (Lipinski definition) is 1. The minimum atomic E-state index is 0.124. The second-order valence-electron chi connectivity index (χ2n) is 6.00. The summed E-state index contributed by atoms with van der Waals surface area (Å²) in [6.07, 6.45) is 3.24. The van der Waals surface area contributed by atoms with Crippen LogP contribution in [0.25, 0.3) is 0 Å². The summed E-state index contributed by atoms with van der Waals surface area (Å²) in [5.41, 5.74) is 5.05. The fourth-order valence-corrected chi connectivity index (χ4v) is 2.60. The van der Waals surface area contributed by atoms with Gasteiger partial charge in [-0.15, -0.1) is 0 Å². The average molecular weight is 330 g/mol. The summed E-state index contributed by atoms with van der Waals surface area (Å²) in [6.45, 7) is 4.93. The Hall–Kier alpha value is -1.80. The monoisotopic (exact) mass is 329 g/mol. The third kappa shape index (κ3) is 6.07. The number of rotatable bonds is 7. The predicted molar refractivity (Wildman–Crippen MR) is 97.0 cm³/mol. The van der Waals surface area contributed by atoms with Crippen LogP contribution < -0.4 is 5.32 Å². The zero-order valence-electron chi connectivity index (χ0n) is 13.9. The fraction of sp³-hybridized carbons (Fsp3) is 0.350. The van der Waals surface area contributed by atoms with E-state index < -0.39 is 0 Å². The van der Waals surface area contributed by atoms with Gasteiger partial charge in [0.25, 0.3) is 0 Å².